The molecule has 0 aliphatic heterocycles. The van der Waals surface area contributed by atoms with E-state index in [4.69, 9.17) is 27.9 Å². The van der Waals surface area contributed by atoms with Crippen molar-refractivity contribution in [3.63, 3.8) is 0 Å². The summed E-state index contributed by atoms with van der Waals surface area (Å²) in [4.78, 5) is 0. The zero-order valence-corrected chi connectivity index (χ0v) is 14.5. The molecule has 0 amide bonds. The first kappa shape index (κ1) is 16.8. The second-order valence-corrected chi connectivity index (χ2v) is 6.23. The topological polar surface area (TPSA) is 21.3 Å². The van der Waals surface area contributed by atoms with E-state index < -0.39 is 0 Å². The van der Waals surface area contributed by atoms with Gasteiger partial charge in [-0.25, -0.2) is 0 Å². The molecule has 0 aliphatic carbocycles. The summed E-state index contributed by atoms with van der Waals surface area (Å²) in [6.07, 6.45) is 0. The van der Waals surface area contributed by atoms with Crippen LogP contribution in [0.2, 0.25) is 10.0 Å². The van der Waals surface area contributed by atoms with E-state index in [1.54, 1.807) is 0 Å². The Hall–Kier alpha value is -2.00. The lowest BCUT2D eigenvalue weighted by molar-refractivity contribution is 0.482. The summed E-state index contributed by atoms with van der Waals surface area (Å²) in [6, 6.07) is 23.5. The van der Waals surface area contributed by atoms with Gasteiger partial charge in [0.15, 0.2) is 0 Å². The first-order valence-corrected chi connectivity index (χ1v) is 8.43. The molecule has 3 rings (SSSR count). The quantitative estimate of drug-likeness (QED) is 0.577. The monoisotopic (exact) mass is 357 g/mol. The van der Waals surface area contributed by atoms with E-state index in [0.29, 0.717) is 10.0 Å². The van der Waals surface area contributed by atoms with Crippen molar-refractivity contribution in [1.82, 2.24) is 5.32 Å². The molecule has 0 spiro atoms. The molecule has 0 aliphatic rings. The van der Waals surface area contributed by atoms with Crippen LogP contribution in [0.1, 0.15) is 11.1 Å². The number of para-hydroxylation sites is 1. The minimum atomic E-state index is 0.578. The van der Waals surface area contributed by atoms with E-state index in [2.05, 4.69) is 17.4 Å². The van der Waals surface area contributed by atoms with E-state index in [1.165, 1.54) is 5.56 Å². The molecular formula is C20H17Cl2NO. The second-order valence-electron chi connectivity index (χ2n) is 5.41. The minimum Gasteiger partial charge on any atom is -0.457 e. The van der Waals surface area contributed by atoms with Gasteiger partial charge in [0.1, 0.15) is 11.5 Å². The molecule has 0 heterocycles. The Morgan fingerprint density at radius 1 is 0.667 bits per heavy atom. The van der Waals surface area contributed by atoms with Crippen molar-refractivity contribution >= 4 is 23.2 Å². The van der Waals surface area contributed by atoms with Gasteiger partial charge in [0, 0.05) is 13.1 Å². The van der Waals surface area contributed by atoms with Crippen LogP contribution >= 0.6 is 23.2 Å². The van der Waals surface area contributed by atoms with E-state index in [-0.39, 0.29) is 0 Å². The summed E-state index contributed by atoms with van der Waals surface area (Å²) in [6.45, 7) is 1.50. The molecule has 0 fully saturated rings. The van der Waals surface area contributed by atoms with Gasteiger partial charge in [-0.15, -0.1) is 0 Å². The molecule has 2 nitrogen and oxygen atoms in total. The number of nitrogens with one attached hydrogen (secondary N) is 1. The fourth-order valence-electron chi connectivity index (χ4n) is 2.30. The van der Waals surface area contributed by atoms with Gasteiger partial charge in [0.2, 0.25) is 0 Å². The molecule has 24 heavy (non-hydrogen) atoms. The third-order valence-electron chi connectivity index (χ3n) is 3.54. The van der Waals surface area contributed by atoms with Gasteiger partial charge in [-0.3, -0.25) is 0 Å². The number of ether oxygens (including phenoxy) is 1. The Labute approximate surface area is 152 Å². The fourth-order valence-corrected chi connectivity index (χ4v) is 2.62. The highest BCUT2D eigenvalue weighted by molar-refractivity contribution is 6.42. The Morgan fingerprint density at radius 2 is 1.29 bits per heavy atom. The van der Waals surface area contributed by atoms with Crippen molar-refractivity contribution in [2.24, 2.45) is 0 Å². The maximum atomic E-state index is 6.02. The van der Waals surface area contributed by atoms with Crippen molar-refractivity contribution in [1.29, 1.82) is 0 Å². The fraction of sp³-hybridized carbons (Fsp3) is 0.100. The van der Waals surface area contributed by atoms with E-state index >= 15 is 0 Å². The molecule has 0 saturated heterocycles. The Morgan fingerprint density at radius 3 is 2.00 bits per heavy atom. The highest BCUT2D eigenvalue weighted by atomic mass is 35.5. The number of benzene rings is 3. The average Bonchev–Trinajstić information content (AvgIpc) is 2.60. The van der Waals surface area contributed by atoms with Crippen molar-refractivity contribution in [2.45, 2.75) is 13.1 Å². The van der Waals surface area contributed by atoms with Crippen LogP contribution in [0, 0.1) is 0 Å². The van der Waals surface area contributed by atoms with Gasteiger partial charge in [0.25, 0.3) is 0 Å². The lowest BCUT2D eigenvalue weighted by atomic mass is 10.2. The molecule has 122 valence electrons. The van der Waals surface area contributed by atoms with Gasteiger partial charge in [0.05, 0.1) is 10.0 Å². The van der Waals surface area contributed by atoms with Crippen molar-refractivity contribution < 1.29 is 4.74 Å². The Kier molecular flexibility index (Phi) is 5.76. The first-order valence-electron chi connectivity index (χ1n) is 7.67. The lowest BCUT2D eigenvalue weighted by Crippen LogP contribution is -2.12. The molecule has 1 N–H and O–H groups in total. The molecule has 0 bridgehead atoms. The number of rotatable bonds is 6. The van der Waals surface area contributed by atoms with Gasteiger partial charge in [-0.1, -0.05) is 59.6 Å². The average molecular weight is 358 g/mol. The molecule has 0 unspecified atom stereocenters. The molecular weight excluding hydrogens is 341 g/mol. The summed E-state index contributed by atoms with van der Waals surface area (Å²) < 4.78 is 5.78. The maximum absolute atomic E-state index is 6.02. The smallest absolute Gasteiger partial charge is 0.127 e. The molecule has 3 aromatic rings. The molecule has 0 radical (unpaired) electrons. The minimum absolute atomic E-state index is 0.578. The Bertz CT molecular complexity index is 788. The molecule has 0 atom stereocenters. The van der Waals surface area contributed by atoms with Crippen LogP contribution in [0.4, 0.5) is 0 Å². The van der Waals surface area contributed by atoms with Crippen LogP contribution in [-0.4, -0.2) is 0 Å². The second kappa shape index (κ2) is 8.20. The SMILES string of the molecule is Clc1ccc(CNCc2ccc(Oc3ccccc3)cc2)cc1Cl. The lowest BCUT2D eigenvalue weighted by Gasteiger charge is -2.08. The van der Waals surface area contributed by atoms with Gasteiger partial charge in [-0.2, -0.15) is 0 Å². The van der Waals surface area contributed by atoms with Crippen LogP contribution in [0.5, 0.6) is 11.5 Å². The van der Waals surface area contributed by atoms with Crippen LogP contribution < -0.4 is 10.1 Å². The van der Waals surface area contributed by atoms with Crippen LogP contribution in [0.3, 0.4) is 0 Å². The van der Waals surface area contributed by atoms with Gasteiger partial charge < -0.3 is 10.1 Å². The largest absolute Gasteiger partial charge is 0.457 e. The standard InChI is InChI=1S/C20H17Cl2NO/c21-19-11-8-16(12-20(19)22)14-23-13-15-6-9-18(10-7-15)24-17-4-2-1-3-5-17/h1-12,23H,13-14H2. The van der Waals surface area contributed by atoms with Gasteiger partial charge in [-0.05, 0) is 47.5 Å². The molecule has 0 aromatic heterocycles. The summed E-state index contributed by atoms with van der Waals surface area (Å²) in [5.41, 5.74) is 2.30. The van der Waals surface area contributed by atoms with Crippen molar-refractivity contribution in [3.05, 3.63) is 94.0 Å². The first-order chi connectivity index (χ1) is 11.7. The van der Waals surface area contributed by atoms with Crippen LogP contribution in [0.15, 0.2) is 72.8 Å². The predicted molar refractivity (Wildman–Crippen MR) is 100.0 cm³/mol. The third kappa shape index (κ3) is 4.75. The predicted octanol–water partition coefficient (Wildman–Crippen LogP) is 6.08. The third-order valence-corrected chi connectivity index (χ3v) is 4.28. The van der Waals surface area contributed by atoms with Crippen molar-refractivity contribution in [2.75, 3.05) is 0 Å². The molecule has 3 aromatic carbocycles. The van der Waals surface area contributed by atoms with Crippen molar-refractivity contribution in [3.8, 4) is 11.5 Å². The summed E-state index contributed by atoms with van der Waals surface area (Å²) >= 11 is 11.9. The van der Waals surface area contributed by atoms with Crippen LogP contribution in [0.25, 0.3) is 0 Å². The van der Waals surface area contributed by atoms with E-state index in [0.717, 1.165) is 30.2 Å². The summed E-state index contributed by atoms with van der Waals surface area (Å²) in [7, 11) is 0. The zero-order valence-electron chi connectivity index (χ0n) is 13.0. The van der Waals surface area contributed by atoms with E-state index in [1.807, 2.05) is 60.7 Å². The van der Waals surface area contributed by atoms with Gasteiger partial charge >= 0.3 is 0 Å². The molecule has 4 heteroatoms. The normalized spacial score (nSPS) is 10.6. The highest BCUT2D eigenvalue weighted by Gasteiger charge is 2.01. The Balaban J connectivity index is 1.51. The number of hydrogen-bond acceptors (Lipinski definition) is 2. The number of halogens is 2. The summed E-state index contributed by atoms with van der Waals surface area (Å²) in [5, 5.41) is 4.55. The number of hydrogen-bond donors (Lipinski definition) is 1. The van der Waals surface area contributed by atoms with Crippen LogP contribution in [-0.2, 0) is 13.1 Å². The summed E-state index contributed by atoms with van der Waals surface area (Å²) in [5.74, 6) is 1.66. The molecule has 0 saturated carbocycles. The maximum Gasteiger partial charge on any atom is 0.127 e. The van der Waals surface area contributed by atoms with E-state index in [9.17, 15) is 0 Å². The highest BCUT2D eigenvalue weighted by Crippen LogP contribution is 2.23. The zero-order chi connectivity index (χ0) is 16.8.